The highest BCUT2D eigenvalue weighted by Crippen LogP contribution is 2.27. The number of rotatable bonds is 1. The lowest BCUT2D eigenvalue weighted by Gasteiger charge is -2.29. The number of nitrogens with zero attached hydrogens (tertiary/aromatic N) is 5. The molecule has 0 aliphatic carbocycles. The molecule has 0 unspecified atom stereocenters. The van der Waals surface area contributed by atoms with E-state index in [-0.39, 0.29) is 0 Å². The van der Waals surface area contributed by atoms with Gasteiger partial charge in [0.1, 0.15) is 23.6 Å². The van der Waals surface area contributed by atoms with Gasteiger partial charge < -0.3 is 24.3 Å². The second kappa shape index (κ2) is 9.34. The highest BCUT2D eigenvalue weighted by molar-refractivity contribution is 5.56. The van der Waals surface area contributed by atoms with Crippen LogP contribution in [-0.4, -0.2) is 52.7 Å². The number of aromatic nitrogens is 4. The van der Waals surface area contributed by atoms with Gasteiger partial charge in [-0.1, -0.05) is 6.07 Å². The first kappa shape index (κ1) is 19.8. The second-order valence-corrected chi connectivity index (χ2v) is 7.91. The summed E-state index contributed by atoms with van der Waals surface area (Å²) in [6.07, 6.45) is 4.94. The summed E-state index contributed by atoms with van der Waals surface area (Å²) in [5.41, 5.74) is 3.17. The fourth-order valence-corrected chi connectivity index (χ4v) is 4.07. The molecule has 5 rings (SSSR count). The molecule has 2 aliphatic heterocycles. The number of benzene rings is 1. The molecule has 0 amide bonds. The van der Waals surface area contributed by atoms with Crippen LogP contribution in [0.3, 0.4) is 0 Å². The van der Waals surface area contributed by atoms with Crippen molar-refractivity contribution in [2.24, 2.45) is 0 Å². The van der Waals surface area contributed by atoms with Gasteiger partial charge in [0.25, 0.3) is 0 Å². The van der Waals surface area contributed by atoms with Gasteiger partial charge in [-0.3, -0.25) is 0 Å². The summed E-state index contributed by atoms with van der Waals surface area (Å²) in [5, 5.41) is 11.9. The first-order valence-corrected chi connectivity index (χ1v) is 11.0. The second-order valence-electron chi connectivity index (χ2n) is 7.91. The molecule has 2 aromatic heterocycles. The third kappa shape index (κ3) is 4.64. The largest absolute Gasteiger partial charge is 0.493 e. The van der Waals surface area contributed by atoms with Crippen molar-refractivity contribution in [3.63, 3.8) is 0 Å². The standard InChI is InChI=1S/C23H28N6O2/c1-2-9-29-17-25-27-23(29)20-5-4-6-22(26-20)24-16-18-15-19(28-10-13-30-14-11-28)7-8-21(18)31-12-3-1/h4-8,15,17H,1-3,9-14,16H2,(H,24,26). The van der Waals surface area contributed by atoms with E-state index in [9.17, 15) is 0 Å². The number of fused-ring (bicyclic) bond motifs is 5. The van der Waals surface area contributed by atoms with Crippen molar-refractivity contribution in [2.75, 3.05) is 43.1 Å². The predicted octanol–water partition coefficient (Wildman–Crippen LogP) is 3.35. The van der Waals surface area contributed by atoms with Gasteiger partial charge in [-0.15, -0.1) is 10.2 Å². The van der Waals surface area contributed by atoms with Crippen molar-refractivity contribution in [2.45, 2.75) is 32.4 Å². The number of anilines is 2. The van der Waals surface area contributed by atoms with Gasteiger partial charge in [-0.2, -0.15) is 0 Å². The smallest absolute Gasteiger partial charge is 0.182 e. The van der Waals surface area contributed by atoms with Crippen molar-refractivity contribution < 1.29 is 9.47 Å². The van der Waals surface area contributed by atoms with Gasteiger partial charge in [-0.25, -0.2) is 4.98 Å². The molecule has 4 heterocycles. The average Bonchev–Trinajstić information content (AvgIpc) is 3.29. The topological polar surface area (TPSA) is 77.3 Å². The van der Waals surface area contributed by atoms with Crippen molar-refractivity contribution in [3.05, 3.63) is 48.3 Å². The zero-order valence-corrected chi connectivity index (χ0v) is 17.7. The Hall–Kier alpha value is -3.13. The lowest BCUT2D eigenvalue weighted by Crippen LogP contribution is -2.36. The molecule has 2 bridgehead atoms. The van der Waals surface area contributed by atoms with Crippen LogP contribution in [0.4, 0.5) is 11.5 Å². The molecule has 1 N–H and O–H groups in total. The summed E-state index contributed by atoms with van der Waals surface area (Å²) in [4.78, 5) is 7.15. The van der Waals surface area contributed by atoms with E-state index >= 15 is 0 Å². The summed E-state index contributed by atoms with van der Waals surface area (Å²) in [6.45, 7) is 5.60. The average molecular weight is 421 g/mol. The Morgan fingerprint density at radius 2 is 1.87 bits per heavy atom. The minimum Gasteiger partial charge on any atom is -0.493 e. The number of hydrogen-bond donors (Lipinski definition) is 1. The third-order valence-corrected chi connectivity index (χ3v) is 5.77. The molecule has 8 nitrogen and oxygen atoms in total. The fraction of sp³-hybridized carbons (Fsp3) is 0.435. The SMILES string of the molecule is c1cc2nc(c1)-c1nncn1CCCCCOc1ccc(N3CCOCC3)cc1CN2. The van der Waals surface area contributed by atoms with Gasteiger partial charge >= 0.3 is 0 Å². The maximum absolute atomic E-state index is 6.18. The van der Waals surface area contributed by atoms with E-state index in [0.717, 1.165) is 80.8 Å². The maximum Gasteiger partial charge on any atom is 0.182 e. The lowest BCUT2D eigenvalue weighted by atomic mass is 10.1. The van der Waals surface area contributed by atoms with Crippen LogP contribution >= 0.6 is 0 Å². The molecule has 1 aromatic carbocycles. The van der Waals surface area contributed by atoms with Crippen LogP contribution in [0.25, 0.3) is 11.5 Å². The van der Waals surface area contributed by atoms with E-state index in [1.165, 1.54) is 5.69 Å². The molecule has 0 atom stereocenters. The molecule has 162 valence electrons. The van der Waals surface area contributed by atoms with Gasteiger partial charge in [-0.05, 0) is 49.6 Å². The zero-order valence-electron chi connectivity index (χ0n) is 17.7. The van der Waals surface area contributed by atoms with Gasteiger partial charge in [0.05, 0.1) is 19.8 Å². The minimum absolute atomic E-state index is 0.636. The molecule has 1 saturated heterocycles. The molecule has 1 fully saturated rings. The number of aryl methyl sites for hydroxylation is 1. The molecular weight excluding hydrogens is 392 g/mol. The van der Waals surface area contributed by atoms with Crippen LogP contribution in [0.1, 0.15) is 24.8 Å². The lowest BCUT2D eigenvalue weighted by molar-refractivity contribution is 0.122. The van der Waals surface area contributed by atoms with Gasteiger partial charge in [0.15, 0.2) is 5.82 Å². The van der Waals surface area contributed by atoms with Crippen LogP contribution in [0.15, 0.2) is 42.7 Å². The molecule has 0 spiro atoms. The molecule has 31 heavy (non-hydrogen) atoms. The Bertz CT molecular complexity index is 1010. The highest BCUT2D eigenvalue weighted by Gasteiger charge is 2.15. The van der Waals surface area contributed by atoms with E-state index in [1.807, 2.05) is 18.2 Å². The number of nitrogens with one attached hydrogen (secondary N) is 1. The molecule has 0 radical (unpaired) electrons. The van der Waals surface area contributed by atoms with Gasteiger partial charge in [0, 0.05) is 37.4 Å². The Morgan fingerprint density at radius 3 is 2.81 bits per heavy atom. The van der Waals surface area contributed by atoms with Crippen molar-refractivity contribution >= 4 is 11.5 Å². The summed E-state index contributed by atoms with van der Waals surface area (Å²) >= 11 is 0. The summed E-state index contributed by atoms with van der Waals surface area (Å²) in [7, 11) is 0. The Labute approximate surface area is 182 Å². The van der Waals surface area contributed by atoms with Crippen molar-refractivity contribution in [1.29, 1.82) is 0 Å². The quantitative estimate of drug-likeness (QED) is 0.647. The molecule has 8 heteroatoms. The summed E-state index contributed by atoms with van der Waals surface area (Å²) in [5.74, 6) is 2.56. The molecule has 2 aliphatic rings. The molecule has 0 saturated carbocycles. The van der Waals surface area contributed by atoms with E-state index in [4.69, 9.17) is 14.5 Å². The molecular formula is C23H28N6O2. The fourth-order valence-electron chi connectivity index (χ4n) is 4.07. The van der Waals surface area contributed by atoms with E-state index in [2.05, 4.69) is 43.2 Å². The Balaban J connectivity index is 1.43. The van der Waals surface area contributed by atoms with Crippen LogP contribution in [0, 0.1) is 0 Å². The third-order valence-electron chi connectivity index (χ3n) is 5.77. The number of pyridine rings is 1. The van der Waals surface area contributed by atoms with E-state index in [0.29, 0.717) is 13.2 Å². The van der Waals surface area contributed by atoms with Crippen LogP contribution in [0.2, 0.25) is 0 Å². The van der Waals surface area contributed by atoms with Crippen LogP contribution in [0.5, 0.6) is 5.75 Å². The maximum atomic E-state index is 6.18. The van der Waals surface area contributed by atoms with E-state index < -0.39 is 0 Å². The first-order chi connectivity index (χ1) is 15.4. The van der Waals surface area contributed by atoms with Crippen LogP contribution in [-0.2, 0) is 17.8 Å². The minimum atomic E-state index is 0.636. The van der Waals surface area contributed by atoms with E-state index in [1.54, 1.807) is 6.33 Å². The zero-order chi connectivity index (χ0) is 20.9. The molecule has 3 aromatic rings. The monoisotopic (exact) mass is 420 g/mol. The Kier molecular flexibility index (Phi) is 5.97. The number of ether oxygens (including phenoxy) is 2. The van der Waals surface area contributed by atoms with Crippen LogP contribution < -0.4 is 15.0 Å². The predicted molar refractivity (Wildman–Crippen MR) is 119 cm³/mol. The Morgan fingerprint density at radius 1 is 0.935 bits per heavy atom. The summed E-state index contributed by atoms with van der Waals surface area (Å²) < 4.78 is 13.8. The first-order valence-electron chi connectivity index (χ1n) is 11.0. The van der Waals surface area contributed by atoms with Crippen molar-refractivity contribution in [3.8, 4) is 17.3 Å². The number of hydrogen-bond acceptors (Lipinski definition) is 7. The van der Waals surface area contributed by atoms with Gasteiger partial charge in [0.2, 0.25) is 0 Å². The van der Waals surface area contributed by atoms with Crippen molar-refractivity contribution in [1.82, 2.24) is 19.7 Å². The normalized spacial score (nSPS) is 17.4. The highest BCUT2D eigenvalue weighted by atomic mass is 16.5. The number of morpholine rings is 1. The summed E-state index contributed by atoms with van der Waals surface area (Å²) in [6, 6.07) is 12.5.